The van der Waals surface area contributed by atoms with E-state index in [4.69, 9.17) is 4.74 Å². The van der Waals surface area contributed by atoms with Crippen LogP contribution in [0.4, 0.5) is 0 Å². The molecule has 0 bridgehead atoms. The molecule has 1 aliphatic heterocycles. The van der Waals surface area contributed by atoms with Crippen molar-refractivity contribution in [3.05, 3.63) is 11.9 Å². The Hall–Kier alpha value is -1.12. The third kappa shape index (κ3) is 2.76. The molecule has 0 aromatic carbocycles. The fraction of sp³-hybridized carbons (Fsp3) is 0.667. The lowest BCUT2D eigenvalue weighted by atomic mass is 10.2. The van der Waals surface area contributed by atoms with Crippen LogP contribution in [0, 0.1) is 0 Å². The summed E-state index contributed by atoms with van der Waals surface area (Å²) in [4.78, 5) is 11.6. The van der Waals surface area contributed by atoms with E-state index in [-0.39, 0.29) is 24.2 Å². The van der Waals surface area contributed by atoms with E-state index in [1.807, 2.05) is 0 Å². The summed E-state index contributed by atoms with van der Waals surface area (Å²) < 4.78 is 6.57. The number of aliphatic hydroxyl groups is 1. The van der Waals surface area contributed by atoms with Crippen LogP contribution in [0.15, 0.2) is 6.20 Å². The average Bonchev–Trinajstić information content (AvgIpc) is 2.93. The molecule has 94 valence electrons. The van der Waals surface area contributed by atoms with Crippen molar-refractivity contribution in [3.63, 3.8) is 0 Å². The number of amides is 1. The smallest absolute Gasteiger partial charge is 0.273 e. The number of aliphatic hydroxyl groups excluding tert-OH is 1. The van der Waals surface area contributed by atoms with Crippen LogP contribution in [0.1, 0.15) is 16.5 Å². The Morgan fingerprint density at radius 1 is 1.71 bits per heavy atom. The van der Waals surface area contributed by atoms with Crippen LogP contribution < -0.4 is 5.32 Å². The van der Waals surface area contributed by atoms with Gasteiger partial charge >= 0.3 is 0 Å². The lowest BCUT2D eigenvalue weighted by Crippen LogP contribution is -2.25. The van der Waals surface area contributed by atoms with E-state index in [1.54, 1.807) is 0 Å². The normalized spacial score (nSPS) is 23.9. The summed E-state index contributed by atoms with van der Waals surface area (Å²) in [5.74, 6) is 0.272. The number of rotatable bonds is 4. The van der Waals surface area contributed by atoms with Crippen molar-refractivity contribution < 1.29 is 14.6 Å². The first-order chi connectivity index (χ1) is 8.22. The molecule has 2 heterocycles. The zero-order valence-corrected chi connectivity index (χ0v) is 10.0. The molecule has 1 saturated heterocycles. The molecular formula is C9H14N4O3S. The minimum Gasteiger partial charge on any atom is -0.388 e. The number of nitrogens with one attached hydrogen (secondary N) is 1. The molecule has 1 fully saturated rings. The van der Waals surface area contributed by atoms with Crippen LogP contribution in [0.2, 0.25) is 0 Å². The van der Waals surface area contributed by atoms with E-state index in [1.165, 1.54) is 10.9 Å². The molecule has 2 N–H and O–H groups in total. The van der Waals surface area contributed by atoms with Crippen LogP contribution in [0.25, 0.3) is 0 Å². The van der Waals surface area contributed by atoms with Gasteiger partial charge in [0.25, 0.3) is 5.91 Å². The number of ether oxygens (including phenoxy) is 1. The van der Waals surface area contributed by atoms with Crippen molar-refractivity contribution in [3.8, 4) is 0 Å². The van der Waals surface area contributed by atoms with Crippen molar-refractivity contribution in [2.24, 2.45) is 0 Å². The van der Waals surface area contributed by atoms with Gasteiger partial charge in [-0.15, -0.1) is 5.10 Å². The Kier molecular flexibility index (Phi) is 3.97. The summed E-state index contributed by atoms with van der Waals surface area (Å²) in [5.41, 5.74) is 0.228. The monoisotopic (exact) mass is 258 g/mol. The fourth-order valence-corrected chi connectivity index (χ4v) is 1.70. The first-order valence-corrected chi connectivity index (χ1v) is 5.92. The number of aromatic nitrogens is 3. The van der Waals surface area contributed by atoms with Crippen molar-refractivity contribution in [2.45, 2.75) is 12.1 Å². The highest BCUT2D eigenvalue weighted by Crippen LogP contribution is 2.18. The zero-order valence-electron chi connectivity index (χ0n) is 9.11. The maximum Gasteiger partial charge on any atom is 0.273 e. The molecule has 1 amide bonds. The average molecular weight is 258 g/mol. The second-order valence-corrected chi connectivity index (χ2v) is 4.18. The number of nitrogens with zero attached hydrogens (tertiary/aromatic N) is 3. The quantitative estimate of drug-likeness (QED) is 0.595. The van der Waals surface area contributed by atoms with Crippen LogP contribution in [-0.2, 0) is 4.74 Å². The maximum atomic E-state index is 11.6. The van der Waals surface area contributed by atoms with E-state index in [9.17, 15) is 9.90 Å². The maximum absolute atomic E-state index is 11.6. The molecule has 0 spiro atoms. The van der Waals surface area contributed by atoms with Gasteiger partial charge < -0.3 is 15.2 Å². The molecule has 2 atom stereocenters. The molecule has 0 saturated carbocycles. The van der Waals surface area contributed by atoms with Gasteiger partial charge in [0.05, 0.1) is 19.4 Å². The molecule has 1 aromatic rings. The highest BCUT2D eigenvalue weighted by Gasteiger charge is 2.29. The second kappa shape index (κ2) is 5.48. The Balaban J connectivity index is 2.02. The van der Waals surface area contributed by atoms with Crippen LogP contribution in [0.5, 0.6) is 0 Å². The highest BCUT2D eigenvalue weighted by molar-refractivity contribution is 7.80. The first kappa shape index (κ1) is 12.3. The van der Waals surface area contributed by atoms with Crippen LogP contribution in [-0.4, -0.2) is 57.6 Å². The molecule has 17 heavy (non-hydrogen) atoms. The molecule has 1 aliphatic rings. The molecule has 2 rings (SSSR count). The highest BCUT2D eigenvalue weighted by atomic mass is 32.1. The third-order valence-electron chi connectivity index (χ3n) is 2.50. The van der Waals surface area contributed by atoms with E-state index in [2.05, 4.69) is 28.3 Å². The fourth-order valence-electron chi connectivity index (χ4n) is 1.59. The largest absolute Gasteiger partial charge is 0.388 e. The van der Waals surface area contributed by atoms with Gasteiger partial charge in [0.2, 0.25) is 0 Å². The number of thiol groups is 1. The van der Waals surface area contributed by atoms with Gasteiger partial charge in [-0.3, -0.25) is 4.79 Å². The van der Waals surface area contributed by atoms with Crippen LogP contribution >= 0.6 is 12.6 Å². The lowest BCUT2D eigenvalue weighted by molar-refractivity contribution is 0.0951. The molecular weight excluding hydrogens is 244 g/mol. The molecule has 0 radical (unpaired) electrons. The van der Waals surface area contributed by atoms with Crippen molar-refractivity contribution in [1.82, 2.24) is 20.3 Å². The van der Waals surface area contributed by atoms with Gasteiger partial charge in [-0.05, 0) is 0 Å². The number of carbonyl (C=O) groups excluding carboxylic acids is 1. The van der Waals surface area contributed by atoms with E-state index < -0.39 is 6.10 Å². The minimum absolute atomic E-state index is 0.228. The van der Waals surface area contributed by atoms with Crippen LogP contribution in [0.3, 0.4) is 0 Å². The zero-order chi connectivity index (χ0) is 12.3. The number of carbonyl (C=O) groups is 1. The van der Waals surface area contributed by atoms with Gasteiger partial charge in [-0.25, -0.2) is 4.68 Å². The van der Waals surface area contributed by atoms with E-state index >= 15 is 0 Å². The molecule has 0 aliphatic carbocycles. The van der Waals surface area contributed by atoms with E-state index in [0.29, 0.717) is 18.9 Å². The predicted octanol–water partition coefficient (Wildman–Crippen LogP) is -1.13. The lowest BCUT2D eigenvalue weighted by Gasteiger charge is -2.10. The molecule has 0 unspecified atom stereocenters. The number of hydrogen-bond acceptors (Lipinski definition) is 6. The van der Waals surface area contributed by atoms with Gasteiger partial charge in [0, 0.05) is 12.3 Å². The molecule has 8 heteroatoms. The third-order valence-corrected chi connectivity index (χ3v) is 2.73. The van der Waals surface area contributed by atoms with Gasteiger partial charge in [-0.2, -0.15) is 12.6 Å². The van der Waals surface area contributed by atoms with E-state index in [0.717, 1.165) is 0 Å². The second-order valence-electron chi connectivity index (χ2n) is 3.74. The summed E-state index contributed by atoms with van der Waals surface area (Å²) in [6.45, 7) is 1.14. The summed E-state index contributed by atoms with van der Waals surface area (Å²) in [6.07, 6.45) is 0.904. The number of hydrogen-bond donors (Lipinski definition) is 3. The Bertz CT molecular complexity index is 397. The van der Waals surface area contributed by atoms with Crippen molar-refractivity contribution in [1.29, 1.82) is 0 Å². The van der Waals surface area contributed by atoms with Crippen molar-refractivity contribution >= 4 is 18.5 Å². The topological polar surface area (TPSA) is 89.3 Å². The van der Waals surface area contributed by atoms with Gasteiger partial charge in [0.1, 0.15) is 12.1 Å². The van der Waals surface area contributed by atoms with Gasteiger partial charge in [0.15, 0.2) is 5.69 Å². The standard InChI is InChI=1S/C9H14N4O3S/c14-8-5-16-4-7(8)13-3-6(11-12-13)9(15)10-1-2-17/h3,7-8,14,17H,1-2,4-5H2,(H,10,15)/t7-,8-/m1/s1. The Morgan fingerprint density at radius 3 is 3.18 bits per heavy atom. The van der Waals surface area contributed by atoms with Crippen molar-refractivity contribution in [2.75, 3.05) is 25.5 Å². The minimum atomic E-state index is -0.606. The van der Waals surface area contributed by atoms with Gasteiger partial charge in [-0.1, -0.05) is 5.21 Å². The summed E-state index contributed by atoms with van der Waals surface area (Å²) in [6, 6.07) is -0.270. The Labute approximate surface area is 104 Å². The summed E-state index contributed by atoms with van der Waals surface area (Å²) >= 11 is 3.99. The Morgan fingerprint density at radius 2 is 2.53 bits per heavy atom. The predicted molar refractivity (Wildman–Crippen MR) is 62.1 cm³/mol. The summed E-state index contributed by atoms with van der Waals surface area (Å²) in [7, 11) is 0. The summed E-state index contributed by atoms with van der Waals surface area (Å²) in [5, 5.41) is 19.8. The molecule has 1 aromatic heterocycles. The SMILES string of the molecule is O=C(NCCS)c1cn([C@@H]2COC[C@H]2O)nn1. The molecule has 7 nitrogen and oxygen atoms in total. The first-order valence-electron chi connectivity index (χ1n) is 5.29.